The van der Waals surface area contributed by atoms with Crippen molar-refractivity contribution in [2.45, 2.75) is 19.3 Å². The van der Waals surface area contributed by atoms with Gasteiger partial charge in [0.1, 0.15) is 10.8 Å². The molecule has 2 aromatic rings. The van der Waals surface area contributed by atoms with E-state index in [1.807, 2.05) is 30.3 Å². The molecule has 3 nitrogen and oxygen atoms in total. The Labute approximate surface area is 118 Å². The number of benzene rings is 1. The molecule has 0 radical (unpaired) electrons. The average molecular weight is 271 g/mol. The van der Waals surface area contributed by atoms with Crippen molar-refractivity contribution in [3.05, 3.63) is 35.9 Å². The van der Waals surface area contributed by atoms with Crippen LogP contribution in [0.15, 0.2) is 30.3 Å². The number of hydrogen-bond acceptors (Lipinski definition) is 3. The molecule has 0 unspecified atom stereocenters. The van der Waals surface area contributed by atoms with Crippen molar-refractivity contribution in [1.29, 1.82) is 0 Å². The second-order valence-corrected chi connectivity index (χ2v) is 5.56. The van der Waals surface area contributed by atoms with Gasteiger partial charge in [-0.1, -0.05) is 36.8 Å². The topological polar surface area (TPSA) is 50.9 Å². The minimum Gasteiger partial charge on any atom is -0.389 e. The van der Waals surface area contributed by atoms with Crippen molar-refractivity contribution < 1.29 is 0 Å². The largest absolute Gasteiger partial charge is 0.389 e. The summed E-state index contributed by atoms with van der Waals surface area (Å²) < 4.78 is 0. The molecule has 0 bridgehead atoms. The molecule has 3 rings (SSSR count). The molecule has 19 heavy (non-hydrogen) atoms. The Hall–Kier alpha value is -1.68. The van der Waals surface area contributed by atoms with E-state index in [-0.39, 0.29) is 0 Å². The number of nitrogens with one attached hydrogen (secondary N) is 1. The maximum Gasteiger partial charge on any atom is 0.136 e. The molecule has 1 aliphatic carbocycles. The average Bonchev–Trinajstić information content (AvgIpc) is 2.36. The van der Waals surface area contributed by atoms with Gasteiger partial charge < -0.3 is 11.1 Å². The van der Waals surface area contributed by atoms with E-state index in [0.29, 0.717) is 4.99 Å². The first kappa shape index (κ1) is 12.4. The van der Waals surface area contributed by atoms with E-state index in [1.165, 1.54) is 19.3 Å². The molecule has 0 amide bonds. The quantitative estimate of drug-likeness (QED) is 0.839. The number of nitrogens with zero attached hydrogens (tertiary/aromatic N) is 1. The Morgan fingerprint density at radius 2 is 2.16 bits per heavy atom. The van der Waals surface area contributed by atoms with Crippen LogP contribution in [-0.4, -0.2) is 16.5 Å². The zero-order valence-corrected chi connectivity index (χ0v) is 11.5. The zero-order valence-electron chi connectivity index (χ0n) is 10.7. The molecule has 98 valence electrons. The Balaban J connectivity index is 1.94. The summed E-state index contributed by atoms with van der Waals surface area (Å²) in [4.78, 5) is 5.05. The van der Waals surface area contributed by atoms with Crippen LogP contribution in [-0.2, 0) is 0 Å². The lowest BCUT2D eigenvalue weighted by Crippen LogP contribution is -2.23. The minimum atomic E-state index is 0.398. The molecule has 0 aliphatic heterocycles. The molecular weight excluding hydrogens is 254 g/mol. The van der Waals surface area contributed by atoms with Gasteiger partial charge in [0.2, 0.25) is 0 Å². The van der Waals surface area contributed by atoms with E-state index in [0.717, 1.165) is 34.7 Å². The fourth-order valence-corrected chi connectivity index (χ4v) is 2.53. The molecule has 1 aliphatic rings. The van der Waals surface area contributed by atoms with E-state index in [4.69, 9.17) is 18.0 Å². The van der Waals surface area contributed by atoms with Crippen LogP contribution in [0.25, 0.3) is 10.9 Å². The first-order valence-electron chi connectivity index (χ1n) is 6.67. The number of nitrogens with two attached hydrogens (primary N) is 1. The summed E-state index contributed by atoms with van der Waals surface area (Å²) >= 11 is 5.13. The molecule has 0 saturated heterocycles. The van der Waals surface area contributed by atoms with Gasteiger partial charge in [-0.15, -0.1) is 0 Å². The predicted octanol–water partition coefficient (Wildman–Crippen LogP) is 3.08. The van der Waals surface area contributed by atoms with Crippen molar-refractivity contribution in [3.63, 3.8) is 0 Å². The second kappa shape index (κ2) is 5.13. The third-order valence-electron chi connectivity index (χ3n) is 3.77. The van der Waals surface area contributed by atoms with Crippen molar-refractivity contribution >= 4 is 33.9 Å². The number of hydrogen-bond donors (Lipinski definition) is 2. The summed E-state index contributed by atoms with van der Waals surface area (Å²) in [6.07, 6.45) is 3.96. The normalized spacial score (nSPS) is 15.2. The highest BCUT2D eigenvalue weighted by Gasteiger charge is 2.18. The number of thiocarbonyl (C=S) groups is 1. The van der Waals surface area contributed by atoms with Crippen molar-refractivity contribution in [1.82, 2.24) is 4.98 Å². The molecule has 4 heteroatoms. The molecule has 1 aromatic heterocycles. The van der Waals surface area contributed by atoms with Crippen molar-refractivity contribution in [2.24, 2.45) is 11.7 Å². The van der Waals surface area contributed by atoms with Crippen LogP contribution in [0.1, 0.15) is 24.8 Å². The van der Waals surface area contributed by atoms with E-state index >= 15 is 0 Å². The second-order valence-electron chi connectivity index (χ2n) is 5.12. The molecular formula is C15H17N3S. The van der Waals surface area contributed by atoms with Crippen LogP contribution in [0.4, 0.5) is 5.82 Å². The summed E-state index contributed by atoms with van der Waals surface area (Å²) in [6, 6.07) is 10.0. The minimum absolute atomic E-state index is 0.398. The Morgan fingerprint density at radius 3 is 2.84 bits per heavy atom. The maximum absolute atomic E-state index is 5.81. The monoisotopic (exact) mass is 271 g/mol. The summed E-state index contributed by atoms with van der Waals surface area (Å²) in [7, 11) is 0. The summed E-state index contributed by atoms with van der Waals surface area (Å²) in [5, 5.41) is 4.48. The van der Waals surface area contributed by atoms with Crippen molar-refractivity contribution in [3.8, 4) is 0 Å². The Kier molecular flexibility index (Phi) is 3.34. The molecule has 1 saturated carbocycles. The smallest absolute Gasteiger partial charge is 0.136 e. The van der Waals surface area contributed by atoms with Gasteiger partial charge in [-0.05, 0) is 30.9 Å². The summed E-state index contributed by atoms with van der Waals surface area (Å²) in [5.74, 6) is 1.59. The van der Waals surface area contributed by atoms with Gasteiger partial charge in [-0.3, -0.25) is 0 Å². The molecule has 1 fully saturated rings. The van der Waals surface area contributed by atoms with E-state index < -0.39 is 0 Å². The van der Waals surface area contributed by atoms with E-state index in [9.17, 15) is 0 Å². The van der Waals surface area contributed by atoms with Crippen LogP contribution in [0, 0.1) is 5.92 Å². The van der Waals surface area contributed by atoms with Crippen molar-refractivity contribution in [2.75, 3.05) is 11.9 Å². The van der Waals surface area contributed by atoms with Crippen LogP contribution >= 0.6 is 12.2 Å². The molecule has 3 N–H and O–H groups in total. The maximum atomic E-state index is 5.81. The number of anilines is 1. The van der Waals surface area contributed by atoms with E-state index in [1.54, 1.807) is 0 Å². The summed E-state index contributed by atoms with van der Waals surface area (Å²) in [6.45, 7) is 0.959. The first-order chi connectivity index (χ1) is 9.24. The fraction of sp³-hybridized carbons (Fsp3) is 0.333. The van der Waals surface area contributed by atoms with Gasteiger partial charge in [-0.25, -0.2) is 4.98 Å². The Morgan fingerprint density at radius 1 is 1.37 bits per heavy atom. The highest BCUT2D eigenvalue weighted by Crippen LogP contribution is 2.27. The van der Waals surface area contributed by atoms with Crippen LogP contribution in [0.5, 0.6) is 0 Å². The first-order valence-corrected chi connectivity index (χ1v) is 7.08. The van der Waals surface area contributed by atoms with Crippen LogP contribution in [0.2, 0.25) is 0 Å². The third kappa shape index (κ3) is 2.54. The molecule has 1 aromatic carbocycles. The van der Waals surface area contributed by atoms with Gasteiger partial charge in [0.05, 0.1) is 11.1 Å². The van der Waals surface area contributed by atoms with Crippen LogP contribution < -0.4 is 11.1 Å². The van der Waals surface area contributed by atoms with Gasteiger partial charge in [0.25, 0.3) is 0 Å². The lowest BCUT2D eigenvalue weighted by Gasteiger charge is -2.26. The fourth-order valence-electron chi connectivity index (χ4n) is 2.38. The van der Waals surface area contributed by atoms with Gasteiger partial charge in [0.15, 0.2) is 0 Å². The van der Waals surface area contributed by atoms with Gasteiger partial charge in [0, 0.05) is 11.9 Å². The standard InChI is InChI=1S/C15H17N3S/c16-14(19)12-8-11-6-1-2-7-13(11)18-15(12)17-9-10-4-3-5-10/h1-2,6-8,10H,3-5,9H2,(H2,16,19)(H,17,18). The molecule has 0 atom stereocenters. The highest BCUT2D eigenvalue weighted by molar-refractivity contribution is 7.80. The highest BCUT2D eigenvalue weighted by atomic mass is 32.1. The SMILES string of the molecule is NC(=S)c1cc2ccccc2nc1NCC1CCC1. The number of aromatic nitrogens is 1. The van der Waals surface area contributed by atoms with Gasteiger partial charge >= 0.3 is 0 Å². The lowest BCUT2D eigenvalue weighted by molar-refractivity contribution is 0.333. The number of para-hydroxylation sites is 1. The Bertz CT molecular complexity index is 620. The third-order valence-corrected chi connectivity index (χ3v) is 3.99. The molecule has 1 heterocycles. The lowest BCUT2D eigenvalue weighted by atomic mass is 9.85. The number of rotatable bonds is 4. The van der Waals surface area contributed by atoms with Crippen LogP contribution in [0.3, 0.4) is 0 Å². The van der Waals surface area contributed by atoms with E-state index in [2.05, 4.69) is 10.3 Å². The molecule has 0 spiro atoms. The number of pyridine rings is 1. The number of fused-ring (bicyclic) bond motifs is 1. The summed E-state index contributed by atoms with van der Waals surface area (Å²) in [5.41, 5.74) is 7.62. The van der Waals surface area contributed by atoms with Gasteiger partial charge in [-0.2, -0.15) is 0 Å². The predicted molar refractivity (Wildman–Crippen MR) is 83.5 cm³/mol. The zero-order chi connectivity index (χ0) is 13.2.